The summed E-state index contributed by atoms with van der Waals surface area (Å²) < 4.78 is 10.6. The van der Waals surface area contributed by atoms with Crippen LogP contribution in [0.1, 0.15) is 15.9 Å². The standard InChI is InChI=1S/C18H20N2O3/c1-20-10-9-12-7-8-13(11-14(12)20)19-18(21)17-15(22-2)5-4-6-16(17)23-3/h4-8,11H,9-10H2,1-3H3,(H,19,21). The molecule has 1 heterocycles. The highest BCUT2D eigenvalue weighted by molar-refractivity contribution is 6.08. The van der Waals surface area contributed by atoms with E-state index in [0.29, 0.717) is 17.1 Å². The monoisotopic (exact) mass is 312 g/mol. The first-order valence-corrected chi connectivity index (χ1v) is 7.50. The second kappa shape index (κ2) is 6.20. The van der Waals surface area contributed by atoms with E-state index in [1.165, 1.54) is 19.8 Å². The zero-order valence-electron chi connectivity index (χ0n) is 13.6. The van der Waals surface area contributed by atoms with Crippen LogP contribution >= 0.6 is 0 Å². The van der Waals surface area contributed by atoms with E-state index < -0.39 is 0 Å². The van der Waals surface area contributed by atoms with Gasteiger partial charge in [0.2, 0.25) is 0 Å². The fraction of sp³-hybridized carbons (Fsp3) is 0.278. The molecule has 0 radical (unpaired) electrons. The Labute approximate surface area is 135 Å². The van der Waals surface area contributed by atoms with Gasteiger partial charge in [0, 0.05) is 25.0 Å². The largest absolute Gasteiger partial charge is 0.496 e. The number of hydrogen-bond acceptors (Lipinski definition) is 4. The molecule has 2 aromatic carbocycles. The first kappa shape index (κ1) is 15.2. The van der Waals surface area contributed by atoms with Gasteiger partial charge in [0.15, 0.2) is 0 Å². The van der Waals surface area contributed by atoms with Crippen molar-refractivity contribution in [2.24, 2.45) is 0 Å². The number of likely N-dealkylation sites (N-methyl/N-ethyl adjacent to an activating group) is 1. The third-order valence-corrected chi connectivity index (χ3v) is 4.13. The van der Waals surface area contributed by atoms with Gasteiger partial charge in [-0.05, 0) is 36.2 Å². The van der Waals surface area contributed by atoms with Crippen molar-refractivity contribution in [2.75, 3.05) is 38.0 Å². The molecule has 0 fully saturated rings. The molecule has 0 saturated carbocycles. The van der Waals surface area contributed by atoms with Gasteiger partial charge in [0.1, 0.15) is 17.1 Å². The smallest absolute Gasteiger partial charge is 0.263 e. The van der Waals surface area contributed by atoms with Gasteiger partial charge < -0.3 is 19.7 Å². The van der Waals surface area contributed by atoms with Crippen LogP contribution in [0.4, 0.5) is 11.4 Å². The van der Waals surface area contributed by atoms with Gasteiger partial charge in [-0.25, -0.2) is 0 Å². The topological polar surface area (TPSA) is 50.8 Å². The van der Waals surface area contributed by atoms with E-state index in [4.69, 9.17) is 9.47 Å². The van der Waals surface area contributed by atoms with Crippen molar-refractivity contribution in [2.45, 2.75) is 6.42 Å². The molecule has 0 unspecified atom stereocenters. The quantitative estimate of drug-likeness (QED) is 0.943. The highest BCUT2D eigenvalue weighted by atomic mass is 16.5. The number of rotatable bonds is 4. The Morgan fingerprint density at radius 3 is 2.48 bits per heavy atom. The summed E-state index contributed by atoms with van der Waals surface area (Å²) in [5.41, 5.74) is 3.62. The van der Waals surface area contributed by atoms with Gasteiger partial charge in [-0.3, -0.25) is 4.79 Å². The maximum Gasteiger partial charge on any atom is 0.263 e. The maximum atomic E-state index is 12.7. The maximum absolute atomic E-state index is 12.7. The fourth-order valence-corrected chi connectivity index (χ4v) is 2.89. The molecule has 120 valence electrons. The Morgan fingerprint density at radius 1 is 1.13 bits per heavy atom. The molecule has 1 aliphatic rings. The third kappa shape index (κ3) is 2.82. The summed E-state index contributed by atoms with van der Waals surface area (Å²) in [7, 11) is 5.13. The number of anilines is 2. The number of benzene rings is 2. The number of fused-ring (bicyclic) bond motifs is 1. The fourth-order valence-electron chi connectivity index (χ4n) is 2.89. The molecule has 0 aliphatic carbocycles. The van der Waals surface area contributed by atoms with Crippen molar-refractivity contribution in [1.29, 1.82) is 0 Å². The number of methoxy groups -OCH3 is 2. The van der Waals surface area contributed by atoms with E-state index in [-0.39, 0.29) is 5.91 Å². The second-order valence-corrected chi connectivity index (χ2v) is 5.51. The molecule has 0 saturated heterocycles. The lowest BCUT2D eigenvalue weighted by Gasteiger charge is -2.15. The number of hydrogen-bond donors (Lipinski definition) is 1. The van der Waals surface area contributed by atoms with Crippen LogP contribution in [0.5, 0.6) is 11.5 Å². The molecule has 1 N–H and O–H groups in total. The van der Waals surface area contributed by atoms with Gasteiger partial charge in [-0.1, -0.05) is 12.1 Å². The number of carbonyl (C=O) groups excluding carboxylic acids is 1. The van der Waals surface area contributed by atoms with Crippen molar-refractivity contribution in [1.82, 2.24) is 0 Å². The molecular formula is C18H20N2O3. The molecule has 5 heteroatoms. The van der Waals surface area contributed by atoms with Gasteiger partial charge in [-0.15, -0.1) is 0 Å². The van der Waals surface area contributed by atoms with E-state index in [1.54, 1.807) is 18.2 Å². The Morgan fingerprint density at radius 2 is 1.83 bits per heavy atom. The zero-order valence-corrected chi connectivity index (χ0v) is 13.6. The molecule has 0 atom stereocenters. The summed E-state index contributed by atoms with van der Waals surface area (Å²) in [5.74, 6) is 0.722. The van der Waals surface area contributed by atoms with E-state index in [2.05, 4.69) is 23.3 Å². The van der Waals surface area contributed by atoms with Crippen molar-refractivity contribution in [3.05, 3.63) is 47.5 Å². The summed E-state index contributed by atoms with van der Waals surface area (Å²) in [5, 5.41) is 2.93. The van der Waals surface area contributed by atoms with Crippen molar-refractivity contribution < 1.29 is 14.3 Å². The Kier molecular flexibility index (Phi) is 4.10. The molecule has 0 bridgehead atoms. The SMILES string of the molecule is COc1cccc(OC)c1C(=O)Nc1ccc2c(c1)N(C)CC2. The lowest BCUT2D eigenvalue weighted by atomic mass is 10.1. The number of ether oxygens (including phenoxy) is 2. The van der Waals surface area contributed by atoms with Crippen LogP contribution in [0, 0.1) is 0 Å². The minimum absolute atomic E-state index is 0.250. The van der Waals surface area contributed by atoms with Gasteiger partial charge in [0.05, 0.1) is 14.2 Å². The highest BCUT2D eigenvalue weighted by Crippen LogP contribution is 2.32. The van der Waals surface area contributed by atoms with Gasteiger partial charge in [0.25, 0.3) is 5.91 Å². The highest BCUT2D eigenvalue weighted by Gasteiger charge is 2.20. The first-order valence-electron chi connectivity index (χ1n) is 7.50. The number of nitrogens with zero attached hydrogens (tertiary/aromatic N) is 1. The molecule has 0 aromatic heterocycles. The number of carbonyl (C=O) groups is 1. The van der Waals surface area contributed by atoms with Crippen LogP contribution in [0.25, 0.3) is 0 Å². The molecule has 1 amide bonds. The second-order valence-electron chi connectivity index (χ2n) is 5.51. The molecule has 23 heavy (non-hydrogen) atoms. The molecule has 3 rings (SSSR count). The van der Waals surface area contributed by atoms with E-state index in [1.807, 2.05) is 12.1 Å². The van der Waals surface area contributed by atoms with Gasteiger partial charge >= 0.3 is 0 Å². The van der Waals surface area contributed by atoms with Crippen LogP contribution in [0.15, 0.2) is 36.4 Å². The summed E-state index contributed by atoms with van der Waals surface area (Å²) >= 11 is 0. The van der Waals surface area contributed by atoms with Crippen LogP contribution in [0.2, 0.25) is 0 Å². The van der Waals surface area contributed by atoms with Crippen LogP contribution in [0.3, 0.4) is 0 Å². The predicted octanol–water partition coefficient (Wildman–Crippen LogP) is 2.95. The molecular weight excluding hydrogens is 292 g/mol. The van der Waals surface area contributed by atoms with Crippen molar-refractivity contribution in [3.63, 3.8) is 0 Å². The predicted molar refractivity (Wildman–Crippen MR) is 90.9 cm³/mol. The molecule has 5 nitrogen and oxygen atoms in total. The number of amides is 1. The molecule has 0 spiro atoms. The Balaban J connectivity index is 1.90. The Hall–Kier alpha value is -2.69. The summed E-state index contributed by atoms with van der Waals surface area (Å²) in [4.78, 5) is 14.9. The van der Waals surface area contributed by atoms with Crippen LogP contribution in [-0.2, 0) is 6.42 Å². The zero-order chi connectivity index (χ0) is 16.4. The minimum Gasteiger partial charge on any atom is -0.496 e. The summed E-state index contributed by atoms with van der Waals surface area (Å²) in [6.07, 6.45) is 1.04. The van der Waals surface area contributed by atoms with Crippen LogP contribution < -0.4 is 19.7 Å². The third-order valence-electron chi connectivity index (χ3n) is 4.13. The molecule has 2 aromatic rings. The van der Waals surface area contributed by atoms with E-state index >= 15 is 0 Å². The lowest BCUT2D eigenvalue weighted by molar-refractivity contribution is 0.102. The van der Waals surface area contributed by atoms with E-state index in [9.17, 15) is 4.79 Å². The lowest BCUT2D eigenvalue weighted by Crippen LogP contribution is -2.15. The van der Waals surface area contributed by atoms with Crippen LogP contribution in [-0.4, -0.2) is 33.7 Å². The summed E-state index contributed by atoms with van der Waals surface area (Å²) in [6.45, 7) is 1.01. The summed E-state index contributed by atoms with van der Waals surface area (Å²) in [6, 6.07) is 11.3. The first-order chi connectivity index (χ1) is 11.1. The number of nitrogens with one attached hydrogen (secondary N) is 1. The normalized spacial score (nSPS) is 12.7. The van der Waals surface area contributed by atoms with Crippen molar-refractivity contribution in [3.8, 4) is 11.5 Å². The average molecular weight is 312 g/mol. The van der Waals surface area contributed by atoms with Gasteiger partial charge in [-0.2, -0.15) is 0 Å². The average Bonchev–Trinajstić information content (AvgIpc) is 2.94. The minimum atomic E-state index is -0.250. The van der Waals surface area contributed by atoms with Crippen molar-refractivity contribution >= 4 is 17.3 Å². The Bertz CT molecular complexity index is 721. The van der Waals surface area contributed by atoms with E-state index in [0.717, 1.165) is 24.3 Å². The molecule has 1 aliphatic heterocycles.